The molecule has 7 heteroatoms. The zero-order valence-corrected chi connectivity index (χ0v) is 28.3. The number of nitrogens with zero attached hydrogens (tertiary/aromatic N) is 4. The van der Waals surface area contributed by atoms with Crippen LogP contribution in [-0.4, -0.2) is 32.5 Å². The molecule has 3 aromatic heterocycles. The first-order chi connectivity index (χ1) is 23.2. The summed E-state index contributed by atoms with van der Waals surface area (Å²) < 4.78 is 22.6. The van der Waals surface area contributed by atoms with E-state index < -0.39 is 0 Å². The highest BCUT2D eigenvalue weighted by molar-refractivity contribution is 6.09. The minimum absolute atomic E-state index is 0.00234. The van der Waals surface area contributed by atoms with Crippen LogP contribution in [-0.2, 0) is 5.41 Å². The first-order valence-corrected chi connectivity index (χ1v) is 16.5. The molecule has 0 fully saturated rings. The smallest absolute Gasteiger partial charge is 0.137 e. The van der Waals surface area contributed by atoms with Crippen LogP contribution in [0.25, 0.3) is 44.4 Å². The van der Waals surface area contributed by atoms with E-state index in [1.165, 1.54) is 10.9 Å². The van der Waals surface area contributed by atoms with Gasteiger partial charge in [0.05, 0.1) is 41.7 Å². The lowest BCUT2D eigenvalue weighted by Gasteiger charge is -2.20. The maximum Gasteiger partial charge on any atom is 0.137 e. The number of hydrogen-bond acceptors (Lipinski definition) is 5. The molecule has 0 aliphatic heterocycles. The standard InChI is InChI=1S/C41H40N4O3/c1-7-46-37-20-27(3)21-38(47-8-2)40(37)28-25-43-44(26-28)30-12-11-13-31(23-30)48-32-16-17-34-33-14-9-10-15-35(33)45(36(34)24-32)39-22-29(18-19-42-39)41(4,5)6/h9-26H,7-8H2,1-6H3. The van der Waals surface area contributed by atoms with Gasteiger partial charge in [0.1, 0.15) is 28.8 Å². The maximum atomic E-state index is 6.51. The van der Waals surface area contributed by atoms with Gasteiger partial charge in [-0.1, -0.05) is 45.0 Å². The van der Waals surface area contributed by atoms with Crippen molar-refractivity contribution in [3.8, 4) is 45.6 Å². The molecule has 3 heterocycles. The minimum Gasteiger partial charge on any atom is -0.493 e. The van der Waals surface area contributed by atoms with Crippen LogP contribution >= 0.6 is 0 Å². The summed E-state index contributed by atoms with van der Waals surface area (Å²) in [6.07, 6.45) is 5.74. The minimum atomic E-state index is 0.00234. The maximum absolute atomic E-state index is 6.51. The van der Waals surface area contributed by atoms with Gasteiger partial charge in [0.15, 0.2) is 0 Å². The van der Waals surface area contributed by atoms with Crippen LogP contribution < -0.4 is 14.2 Å². The SMILES string of the molecule is CCOc1cc(C)cc(OCC)c1-c1cnn(-c2cccc(Oc3ccc4c5ccccc5n(-c5cc(C(C)(C)C)ccn5)c4c3)c2)c1. The molecule has 0 amide bonds. The number of hydrogen-bond donors (Lipinski definition) is 0. The second-order valence-corrected chi connectivity index (χ2v) is 13.0. The summed E-state index contributed by atoms with van der Waals surface area (Å²) in [6.45, 7) is 13.8. The van der Waals surface area contributed by atoms with Gasteiger partial charge in [-0.2, -0.15) is 5.10 Å². The number of ether oxygens (including phenoxy) is 3. The Morgan fingerprint density at radius 1 is 0.729 bits per heavy atom. The van der Waals surface area contributed by atoms with E-state index in [9.17, 15) is 0 Å². The van der Waals surface area contributed by atoms with Gasteiger partial charge in [-0.15, -0.1) is 0 Å². The van der Waals surface area contributed by atoms with Crippen LogP contribution in [0.1, 0.15) is 45.7 Å². The Hall–Kier alpha value is -5.56. The molecule has 48 heavy (non-hydrogen) atoms. The molecule has 7 nitrogen and oxygen atoms in total. The van der Waals surface area contributed by atoms with Gasteiger partial charge in [-0.25, -0.2) is 9.67 Å². The van der Waals surface area contributed by atoms with E-state index in [4.69, 9.17) is 24.3 Å². The van der Waals surface area contributed by atoms with E-state index in [1.807, 2.05) is 86.5 Å². The van der Waals surface area contributed by atoms with Crippen LogP contribution in [0.5, 0.6) is 23.0 Å². The third-order valence-corrected chi connectivity index (χ3v) is 8.48. The van der Waals surface area contributed by atoms with Crippen molar-refractivity contribution >= 4 is 21.8 Å². The Balaban J connectivity index is 1.24. The van der Waals surface area contributed by atoms with Crippen LogP contribution in [0, 0.1) is 6.92 Å². The van der Waals surface area contributed by atoms with E-state index in [2.05, 4.69) is 73.9 Å². The van der Waals surface area contributed by atoms with E-state index in [0.717, 1.165) is 61.9 Å². The summed E-state index contributed by atoms with van der Waals surface area (Å²) in [7, 11) is 0. The predicted molar refractivity (Wildman–Crippen MR) is 193 cm³/mol. The van der Waals surface area contributed by atoms with Crippen molar-refractivity contribution in [2.75, 3.05) is 13.2 Å². The van der Waals surface area contributed by atoms with Crippen molar-refractivity contribution in [3.05, 3.63) is 121 Å². The zero-order chi connectivity index (χ0) is 33.4. The average Bonchev–Trinajstić information content (AvgIpc) is 3.68. The lowest BCUT2D eigenvalue weighted by atomic mass is 9.88. The molecule has 0 aliphatic rings. The van der Waals surface area contributed by atoms with Crippen molar-refractivity contribution in [3.63, 3.8) is 0 Å². The lowest BCUT2D eigenvalue weighted by Crippen LogP contribution is -2.12. The quantitative estimate of drug-likeness (QED) is 0.158. The molecule has 0 saturated heterocycles. The third-order valence-electron chi connectivity index (χ3n) is 8.48. The van der Waals surface area contributed by atoms with Crippen molar-refractivity contribution in [1.82, 2.24) is 19.3 Å². The Kier molecular flexibility index (Phi) is 8.13. The monoisotopic (exact) mass is 636 g/mol. The average molecular weight is 637 g/mol. The molecule has 0 bridgehead atoms. The fraction of sp³-hybridized carbons (Fsp3) is 0.220. The Bertz CT molecular complexity index is 2230. The predicted octanol–water partition coefficient (Wildman–Crippen LogP) is 10.2. The largest absolute Gasteiger partial charge is 0.493 e. The van der Waals surface area contributed by atoms with Gasteiger partial charge in [0.2, 0.25) is 0 Å². The first kappa shape index (κ1) is 31.1. The van der Waals surface area contributed by atoms with Crippen LogP contribution in [0.15, 0.2) is 110 Å². The molecule has 0 radical (unpaired) electrons. The fourth-order valence-corrected chi connectivity index (χ4v) is 6.23. The summed E-state index contributed by atoms with van der Waals surface area (Å²) in [5.74, 6) is 3.89. The molecule has 0 atom stereocenters. The number of aromatic nitrogens is 4. The number of rotatable bonds is 9. The number of fused-ring (bicyclic) bond motifs is 3. The molecule has 4 aromatic carbocycles. The highest BCUT2D eigenvalue weighted by Gasteiger charge is 2.19. The van der Waals surface area contributed by atoms with Gasteiger partial charge in [0, 0.05) is 40.9 Å². The number of benzene rings is 4. The summed E-state index contributed by atoms with van der Waals surface area (Å²) in [5.41, 5.74) is 7.14. The molecular weight excluding hydrogens is 596 g/mol. The fourth-order valence-electron chi connectivity index (χ4n) is 6.23. The first-order valence-electron chi connectivity index (χ1n) is 16.5. The van der Waals surface area contributed by atoms with Gasteiger partial charge >= 0.3 is 0 Å². The Labute approximate surface area is 281 Å². The second kappa shape index (κ2) is 12.6. The third kappa shape index (κ3) is 5.88. The normalized spacial score (nSPS) is 11.7. The molecule has 0 N–H and O–H groups in total. The topological polar surface area (TPSA) is 63.3 Å². The summed E-state index contributed by atoms with van der Waals surface area (Å²) in [5, 5.41) is 7.03. The lowest BCUT2D eigenvalue weighted by molar-refractivity contribution is 0.325. The molecule has 0 aliphatic carbocycles. The van der Waals surface area contributed by atoms with E-state index in [0.29, 0.717) is 19.0 Å². The molecule has 0 unspecified atom stereocenters. The number of para-hydroxylation sites is 1. The van der Waals surface area contributed by atoms with Gasteiger partial charge in [0.25, 0.3) is 0 Å². The second-order valence-electron chi connectivity index (χ2n) is 13.0. The van der Waals surface area contributed by atoms with Crippen molar-refractivity contribution in [2.45, 2.75) is 47.0 Å². The van der Waals surface area contributed by atoms with E-state index >= 15 is 0 Å². The van der Waals surface area contributed by atoms with Gasteiger partial charge < -0.3 is 14.2 Å². The number of pyridine rings is 1. The molecule has 0 spiro atoms. The highest BCUT2D eigenvalue weighted by Crippen LogP contribution is 2.40. The molecule has 242 valence electrons. The zero-order valence-electron chi connectivity index (χ0n) is 28.3. The highest BCUT2D eigenvalue weighted by atomic mass is 16.5. The van der Waals surface area contributed by atoms with Crippen LogP contribution in [0.2, 0.25) is 0 Å². The van der Waals surface area contributed by atoms with Crippen molar-refractivity contribution in [2.24, 2.45) is 0 Å². The van der Waals surface area contributed by atoms with E-state index in [1.54, 1.807) is 0 Å². The Morgan fingerprint density at radius 2 is 1.46 bits per heavy atom. The van der Waals surface area contributed by atoms with Gasteiger partial charge in [-0.05, 0) is 91.9 Å². The molecule has 7 rings (SSSR count). The number of aryl methyl sites for hydroxylation is 1. The van der Waals surface area contributed by atoms with Crippen molar-refractivity contribution < 1.29 is 14.2 Å². The Morgan fingerprint density at radius 3 is 2.21 bits per heavy atom. The van der Waals surface area contributed by atoms with Crippen molar-refractivity contribution in [1.29, 1.82) is 0 Å². The summed E-state index contributed by atoms with van der Waals surface area (Å²) in [6, 6.07) is 31.0. The molecular formula is C41H40N4O3. The molecule has 7 aromatic rings. The summed E-state index contributed by atoms with van der Waals surface area (Å²) >= 11 is 0. The van der Waals surface area contributed by atoms with Gasteiger partial charge in [-0.3, -0.25) is 4.57 Å². The summed E-state index contributed by atoms with van der Waals surface area (Å²) in [4.78, 5) is 4.81. The van der Waals surface area contributed by atoms with Crippen LogP contribution in [0.4, 0.5) is 0 Å². The van der Waals surface area contributed by atoms with Crippen LogP contribution in [0.3, 0.4) is 0 Å². The van der Waals surface area contributed by atoms with E-state index in [-0.39, 0.29) is 5.41 Å². The molecule has 0 saturated carbocycles.